The highest BCUT2D eigenvalue weighted by atomic mass is 16.5. The van der Waals surface area contributed by atoms with Crippen LogP contribution >= 0.6 is 0 Å². The Hall–Kier alpha value is -2.73. The van der Waals surface area contributed by atoms with E-state index in [-0.39, 0.29) is 5.91 Å². The molecule has 2 fully saturated rings. The molecule has 1 aliphatic carbocycles. The molecule has 0 radical (unpaired) electrons. The van der Waals surface area contributed by atoms with Gasteiger partial charge >= 0.3 is 0 Å². The molecule has 1 saturated heterocycles. The van der Waals surface area contributed by atoms with Crippen molar-refractivity contribution in [3.8, 4) is 11.5 Å². The third-order valence-corrected chi connectivity index (χ3v) is 9.15. The Morgan fingerprint density at radius 1 is 1.03 bits per heavy atom. The Morgan fingerprint density at radius 2 is 1.79 bits per heavy atom. The van der Waals surface area contributed by atoms with Crippen LogP contribution in [0.4, 0.5) is 5.69 Å². The van der Waals surface area contributed by atoms with E-state index < -0.39 is 0 Å². The van der Waals surface area contributed by atoms with Crippen molar-refractivity contribution in [1.82, 2.24) is 9.80 Å². The van der Waals surface area contributed by atoms with Gasteiger partial charge in [-0.15, -0.1) is 0 Å². The number of aryl methyl sites for hydroxylation is 1. The number of para-hydroxylation sites is 3. The fourth-order valence-electron chi connectivity index (χ4n) is 6.53. The zero-order valence-electron chi connectivity index (χ0n) is 24.1. The minimum Gasteiger partial charge on any atom is -0.495 e. The number of amides is 1. The summed E-state index contributed by atoms with van der Waals surface area (Å²) in [5.41, 5.74) is 2.68. The van der Waals surface area contributed by atoms with Gasteiger partial charge in [0, 0.05) is 52.7 Å². The molecule has 0 aromatic heterocycles. The lowest BCUT2D eigenvalue weighted by atomic mass is 9.73. The first-order valence-electron chi connectivity index (χ1n) is 15.1. The Bertz CT molecular complexity index is 1080. The van der Waals surface area contributed by atoms with E-state index in [1.807, 2.05) is 25.2 Å². The zero-order valence-corrected chi connectivity index (χ0v) is 24.1. The second-order valence-electron chi connectivity index (χ2n) is 12.1. The molecule has 0 N–H and O–H groups in total. The molecule has 5 rings (SSSR count). The molecule has 0 bridgehead atoms. The van der Waals surface area contributed by atoms with Crippen LogP contribution in [0.2, 0.25) is 0 Å². The van der Waals surface area contributed by atoms with Crippen LogP contribution in [-0.2, 0) is 11.2 Å². The van der Waals surface area contributed by atoms with E-state index in [1.165, 1.54) is 44.2 Å². The highest BCUT2D eigenvalue weighted by Crippen LogP contribution is 2.40. The van der Waals surface area contributed by atoms with E-state index in [9.17, 15) is 4.79 Å². The second-order valence-corrected chi connectivity index (χ2v) is 12.1. The summed E-state index contributed by atoms with van der Waals surface area (Å²) in [6.07, 6.45) is 10.3. The lowest BCUT2D eigenvalue weighted by Gasteiger charge is -2.45. The van der Waals surface area contributed by atoms with Crippen LogP contribution in [0.5, 0.6) is 11.5 Å². The quantitative estimate of drug-likeness (QED) is 0.460. The number of hydrogen-bond donors (Lipinski definition) is 0. The molecule has 1 amide bonds. The van der Waals surface area contributed by atoms with Gasteiger partial charge in [0.1, 0.15) is 18.1 Å². The smallest absolute Gasteiger partial charge is 0.224 e. The molecule has 39 heavy (non-hydrogen) atoms. The van der Waals surface area contributed by atoms with E-state index in [0.717, 1.165) is 75.2 Å². The average molecular weight is 534 g/mol. The predicted octanol–water partition coefficient (Wildman–Crippen LogP) is 5.65. The van der Waals surface area contributed by atoms with Gasteiger partial charge in [0.15, 0.2) is 0 Å². The fraction of sp³-hybridized carbons (Fsp3) is 0.606. The Balaban J connectivity index is 1.18. The molecule has 0 unspecified atom stereocenters. The summed E-state index contributed by atoms with van der Waals surface area (Å²) < 4.78 is 11.8. The topological polar surface area (TPSA) is 45.3 Å². The van der Waals surface area contributed by atoms with Gasteiger partial charge in [0.05, 0.1) is 12.8 Å². The van der Waals surface area contributed by atoms with Gasteiger partial charge < -0.3 is 19.3 Å². The summed E-state index contributed by atoms with van der Waals surface area (Å²) in [4.78, 5) is 20.2. The van der Waals surface area contributed by atoms with Crippen molar-refractivity contribution in [3.05, 3.63) is 54.1 Å². The van der Waals surface area contributed by atoms with Gasteiger partial charge in [-0.3, -0.25) is 9.69 Å². The molecule has 3 aliphatic rings. The van der Waals surface area contributed by atoms with Crippen LogP contribution in [0.15, 0.2) is 48.5 Å². The van der Waals surface area contributed by atoms with Gasteiger partial charge in [0.25, 0.3) is 0 Å². The van der Waals surface area contributed by atoms with Crippen molar-refractivity contribution in [2.24, 2.45) is 11.3 Å². The number of carbonyl (C=O) groups excluding carboxylic acids is 1. The van der Waals surface area contributed by atoms with E-state index in [4.69, 9.17) is 9.47 Å². The molecule has 2 aromatic carbocycles. The number of anilines is 1. The molecule has 6 nitrogen and oxygen atoms in total. The third kappa shape index (κ3) is 7.47. The Morgan fingerprint density at radius 3 is 2.59 bits per heavy atom. The number of rotatable bonds is 7. The van der Waals surface area contributed by atoms with Crippen molar-refractivity contribution >= 4 is 11.6 Å². The molecule has 6 heteroatoms. The number of carbonyl (C=O) groups is 1. The van der Waals surface area contributed by atoms with Gasteiger partial charge in [-0.1, -0.05) is 36.8 Å². The summed E-state index contributed by atoms with van der Waals surface area (Å²) >= 11 is 0. The summed E-state index contributed by atoms with van der Waals surface area (Å²) in [5, 5.41) is 0. The van der Waals surface area contributed by atoms with Gasteiger partial charge in [-0.05, 0) is 80.0 Å². The lowest BCUT2D eigenvalue weighted by molar-refractivity contribution is -0.133. The van der Waals surface area contributed by atoms with Crippen molar-refractivity contribution in [1.29, 1.82) is 0 Å². The number of benzene rings is 2. The van der Waals surface area contributed by atoms with Crippen LogP contribution in [0, 0.1) is 11.3 Å². The normalized spacial score (nSPS) is 20.3. The SMILES string of the molecule is COc1ccccc1N(C)CCC(=O)N1CCC2(CCCCc3ccccc3OCCN(CC3CC3)C2)CC1. The van der Waals surface area contributed by atoms with Crippen LogP contribution < -0.4 is 14.4 Å². The minimum absolute atomic E-state index is 0.277. The maximum absolute atomic E-state index is 13.2. The number of fused-ring (bicyclic) bond motifs is 1. The second kappa shape index (κ2) is 13.1. The van der Waals surface area contributed by atoms with E-state index >= 15 is 0 Å². The lowest BCUT2D eigenvalue weighted by Crippen LogP contribution is -2.49. The standard InChI is InChI=1S/C33H47N3O3/c1-34(29-11-4-6-13-31(29)38-2)20-16-32(37)36-21-18-33(19-22-36)17-8-7-10-28-9-3-5-12-30(28)39-24-23-35(26-33)25-27-14-15-27/h3-6,9,11-13,27H,7-8,10,14-26H2,1-2H3. The number of piperidine rings is 1. The van der Waals surface area contributed by atoms with Crippen LogP contribution in [0.1, 0.15) is 56.9 Å². The Kier molecular flexibility index (Phi) is 9.33. The molecule has 1 saturated carbocycles. The van der Waals surface area contributed by atoms with Crippen molar-refractivity contribution in [2.45, 2.75) is 57.8 Å². The maximum Gasteiger partial charge on any atom is 0.224 e. The van der Waals surface area contributed by atoms with Crippen LogP contribution in [0.25, 0.3) is 0 Å². The van der Waals surface area contributed by atoms with Crippen molar-refractivity contribution in [2.75, 3.05) is 64.9 Å². The molecule has 2 aromatic rings. The van der Waals surface area contributed by atoms with Crippen LogP contribution in [0.3, 0.4) is 0 Å². The summed E-state index contributed by atoms with van der Waals surface area (Å²) in [6.45, 7) is 6.55. The molecule has 1 spiro atoms. The highest BCUT2D eigenvalue weighted by Gasteiger charge is 2.38. The fourth-order valence-corrected chi connectivity index (χ4v) is 6.53. The molecular weight excluding hydrogens is 486 g/mol. The van der Waals surface area contributed by atoms with Gasteiger partial charge in [-0.2, -0.15) is 0 Å². The minimum atomic E-state index is 0.277. The monoisotopic (exact) mass is 533 g/mol. The number of ether oxygens (including phenoxy) is 2. The number of methoxy groups -OCH3 is 1. The number of likely N-dealkylation sites (tertiary alicyclic amines) is 1. The molecule has 2 aliphatic heterocycles. The van der Waals surface area contributed by atoms with E-state index in [0.29, 0.717) is 18.4 Å². The van der Waals surface area contributed by atoms with Gasteiger partial charge in [-0.25, -0.2) is 0 Å². The Labute approximate surface area is 235 Å². The third-order valence-electron chi connectivity index (χ3n) is 9.15. The number of nitrogens with zero attached hydrogens (tertiary/aromatic N) is 3. The first-order chi connectivity index (χ1) is 19.0. The first kappa shape index (κ1) is 27.8. The molecule has 2 heterocycles. The van der Waals surface area contributed by atoms with Gasteiger partial charge in [0.2, 0.25) is 5.91 Å². The predicted molar refractivity (Wildman–Crippen MR) is 158 cm³/mol. The zero-order chi connectivity index (χ0) is 27.1. The largest absolute Gasteiger partial charge is 0.495 e. The number of hydrogen-bond acceptors (Lipinski definition) is 5. The average Bonchev–Trinajstić information content (AvgIpc) is 3.78. The molecule has 212 valence electrons. The summed E-state index contributed by atoms with van der Waals surface area (Å²) in [6, 6.07) is 16.6. The van der Waals surface area contributed by atoms with E-state index in [2.05, 4.69) is 45.0 Å². The van der Waals surface area contributed by atoms with Crippen molar-refractivity contribution in [3.63, 3.8) is 0 Å². The first-order valence-corrected chi connectivity index (χ1v) is 15.1. The molecule has 0 atom stereocenters. The molecular formula is C33H47N3O3. The maximum atomic E-state index is 13.2. The summed E-state index contributed by atoms with van der Waals surface area (Å²) in [7, 11) is 3.74. The van der Waals surface area contributed by atoms with Crippen molar-refractivity contribution < 1.29 is 14.3 Å². The van der Waals surface area contributed by atoms with Crippen LogP contribution in [-0.4, -0.2) is 75.7 Å². The summed E-state index contributed by atoms with van der Waals surface area (Å²) in [5.74, 6) is 3.06. The van der Waals surface area contributed by atoms with E-state index in [1.54, 1.807) is 7.11 Å². The highest BCUT2D eigenvalue weighted by molar-refractivity contribution is 5.77.